The molecule has 1 amide bonds. The predicted octanol–water partition coefficient (Wildman–Crippen LogP) is 2.79. The summed E-state index contributed by atoms with van der Waals surface area (Å²) in [5, 5.41) is 2.77. The van der Waals surface area contributed by atoms with Crippen molar-refractivity contribution in [3.8, 4) is 5.75 Å². The smallest absolute Gasteiger partial charge is 0.244 e. The van der Waals surface area contributed by atoms with E-state index in [1.54, 1.807) is 18.2 Å². The minimum atomic E-state index is -0.142. The summed E-state index contributed by atoms with van der Waals surface area (Å²) in [4.78, 5) is 11.7. The van der Waals surface area contributed by atoms with Crippen LogP contribution in [-0.2, 0) is 4.79 Å². The van der Waals surface area contributed by atoms with Crippen molar-refractivity contribution in [3.63, 3.8) is 0 Å². The summed E-state index contributed by atoms with van der Waals surface area (Å²) in [6.45, 7) is 2.86. The third kappa shape index (κ3) is 5.32. The maximum absolute atomic E-state index is 11.7. The number of anilines is 1. The number of hydrogen-bond donors (Lipinski definition) is 2. The van der Waals surface area contributed by atoms with E-state index in [9.17, 15) is 4.79 Å². The summed E-state index contributed by atoms with van der Waals surface area (Å²) < 4.78 is 5.49. The first-order valence-corrected chi connectivity index (χ1v) is 7.14. The minimum Gasteiger partial charge on any atom is -0.492 e. The van der Waals surface area contributed by atoms with Crippen LogP contribution in [0.15, 0.2) is 54.6 Å². The highest BCUT2D eigenvalue weighted by Crippen LogP contribution is 2.13. The number of nitrogens with two attached hydrogens (primary N) is 1. The topological polar surface area (TPSA) is 64.3 Å². The predicted molar refractivity (Wildman–Crippen MR) is 89.6 cm³/mol. The molecule has 22 heavy (non-hydrogen) atoms. The third-order valence-electron chi connectivity index (χ3n) is 3.03. The molecule has 0 bridgehead atoms. The molecular formula is C18H20N2O2. The zero-order chi connectivity index (χ0) is 15.8. The number of benzene rings is 2. The van der Waals surface area contributed by atoms with Gasteiger partial charge in [0.15, 0.2) is 0 Å². The molecule has 0 aliphatic heterocycles. The summed E-state index contributed by atoms with van der Waals surface area (Å²) in [6, 6.07) is 15.2. The van der Waals surface area contributed by atoms with Gasteiger partial charge in [-0.1, -0.05) is 35.9 Å². The van der Waals surface area contributed by atoms with Gasteiger partial charge in [0.25, 0.3) is 0 Å². The molecule has 0 saturated heterocycles. The van der Waals surface area contributed by atoms with Crippen molar-refractivity contribution in [2.75, 3.05) is 18.9 Å². The first-order chi connectivity index (χ1) is 10.6. The van der Waals surface area contributed by atoms with E-state index in [0.717, 1.165) is 5.56 Å². The number of ether oxygens (including phenoxy) is 1. The van der Waals surface area contributed by atoms with E-state index in [0.29, 0.717) is 24.6 Å². The van der Waals surface area contributed by atoms with Gasteiger partial charge >= 0.3 is 0 Å². The van der Waals surface area contributed by atoms with Crippen LogP contribution in [0, 0.1) is 6.92 Å². The van der Waals surface area contributed by atoms with Crippen molar-refractivity contribution in [2.24, 2.45) is 0 Å². The Hall–Kier alpha value is -2.75. The number of rotatable bonds is 6. The molecule has 114 valence electrons. The van der Waals surface area contributed by atoms with Crippen LogP contribution in [0.2, 0.25) is 0 Å². The van der Waals surface area contributed by atoms with E-state index in [2.05, 4.69) is 5.32 Å². The lowest BCUT2D eigenvalue weighted by Crippen LogP contribution is -2.26. The molecule has 0 aromatic heterocycles. The Morgan fingerprint density at radius 2 is 2.00 bits per heavy atom. The fourth-order valence-electron chi connectivity index (χ4n) is 1.86. The molecule has 2 aromatic rings. The molecule has 0 aliphatic carbocycles. The van der Waals surface area contributed by atoms with E-state index >= 15 is 0 Å². The Kier molecular flexibility index (Phi) is 5.60. The van der Waals surface area contributed by atoms with Gasteiger partial charge in [-0.2, -0.15) is 0 Å². The molecule has 0 fully saturated rings. The Bertz CT molecular complexity index is 648. The van der Waals surface area contributed by atoms with Gasteiger partial charge in [0.1, 0.15) is 12.4 Å². The molecule has 4 nitrogen and oxygen atoms in total. The quantitative estimate of drug-likeness (QED) is 0.489. The lowest BCUT2D eigenvalue weighted by Gasteiger charge is -2.07. The van der Waals surface area contributed by atoms with Crippen molar-refractivity contribution in [2.45, 2.75) is 6.92 Å². The molecule has 0 spiro atoms. The molecule has 0 radical (unpaired) electrons. The second kappa shape index (κ2) is 7.88. The van der Waals surface area contributed by atoms with Crippen LogP contribution in [0.3, 0.4) is 0 Å². The van der Waals surface area contributed by atoms with Crippen molar-refractivity contribution >= 4 is 17.7 Å². The SMILES string of the molecule is Cc1ccc(/C=C/C(=O)NCCOc2cccc(N)c2)cc1. The number of nitrogen functional groups attached to an aromatic ring is 1. The molecule has 0 unspecified atom stereocenters. The van der Waals surface area contributed by atoms with Gasteiger partial charge in [0, 0.05) is 17.8 Å². The average molecular weight is 296 g/mol. The summed E-state index contributed by atoms with van der Waals surface area (Å²) in [6.07, 6.45) is 3.30. The van der Waals surface area contributed by atoms with Crippen LogP contribution in [0.1, 0.15) is 11.1 Å². The number of carbonyl (C=O) groups excluding carboxylic acids is 1. The number of nitrogens with one attached hydrogen (secondary N) is 1. The Balaban J connectivity index is 1.70. The zero-order valence-electron chi connectivity index (χ0n) is 12.6. The van der Waals surface area contributed by atoms with Crippen LogP contribution in [0.25, 0.3) is 6.08 Å². The van der Waals surface area contributed by atoms with E-state index in [1.165, 1.54) is 11.6 Å². The zero-order valence-corrected chi connectivity index (χ0v) is 12.6. The molecule has 0 aliphatic rings. The van der Waals surface area contributed by atoms with E-state index < -0.39 is 0 Å². The lowest BCUT2D eigenvalue weighted by molar-refractivity contribution is -0.116. The van der Waals surface area contributed by atoms with Crippen molar-refractivity contribution in [1.82, 2.24) is 5.32 Å². The lowest BCUT2D eigenvalue weighted by atomic mass is 10.1. The molecule has 0 heterocycles. The highest BCUT2D eigenvalue weighted by molar-refractivity contribution is 5.91. The second-order valence-electron chi connectivity index (χ2n) is 4.96. The van der Waals surface area contributed by atoms with E-state index in [4.69, 9.17) is 10.5 Å². The van der Waals surface area contributed by atoms with Crippen molar-refractivity contribution in [3.05, 3.63) is 65.7 Å². The van der Waals surface area contributed by atoms with Gasteiger partial charge in [-0.25, -0.2) is 0 Å². The highest BCUT2D eigenvalue weighted by atomic mass is 16.5. The van der Waals surface area contributed by atoms with Gasteiger partial charge in [-0.3, -0.25) is 4.79 Å². The van der Waals surface area contributed by atoms with Crippen molar-refractivity contribution in [1.29, 1.82) is 0 Å². The molecule has 3 N–H and O–H groups in total. The highest BCUT2D eigenvalue weighted by Gasteiger charge is 1.97. The maximum atomic E-state index is 11.7. The van der Waals surface area contributed by atoms with E-state index in [1.807, 2.05) is 43.3 Å². The normalized spacial score (nSPS) is 10.6. The van der Waals surface area contributed by atoms with Gasteiger partial charge in [-0.15, -0.1) is 0 Å². The average Bonchev–Trinajstić information content (AvgIpc) is 2.51. The Labute approximate surface area is 130 Å². The molecule has 0 saturated carbocycles. The number of amides is 1. The van der Waals surface area contributed by atoms with Crippen LogP contribution in [0.4, 0.5) is 5.69 Å². The molecule has 2 rings (SSSR count). The molecule has 0 atom stereocenters. The fraction of sp³-hybridized carbons (Fsp3) is 0.167. The second-order valence-corrected chi connectivity index (χ2v) is 4.96. The molecule has 2 aromatic carbocycles. The Morgan fingerprint density at radius 3 is 2.73 bits per heavy atom. The first-order valence-electron chi connectivity index (χ1n) is 7.14. The summed E-state index contributed by atoms with van der Waals surface area (Å²) in [7, 11) is 0. The monoisotopic (exact) mass is 296 g/mol. The van der Waals surface area contributed by atoms with Gasteiger partial charge in [0.05, 0.1) is 6.54 Å². The van der Waals surface area contributed by atoms with Crippen LogP contribution >= 0.6 is 0 Å². The summed E-state index contributed by atoms with van der Waals surface area (Å²) >= 11 is 0. The summed E-state index contributed by atoms with van der Waals surface area (Å²) in [5.41, 5.74) is 8.50. The largest absolute Gasteiger partial charge is 0.492 e. The fourth-order valence-corrected chi connectivity index (χ4v) is 1.86. The van der Waals surface area contributed by atoms with Crippen LogP contribution < -0.4 is 15.8 Å². The minimum absolute atomic E-state index is 0.142. The van der Waals surface area contributed by atoms with Gasteiger partial charge in [0.2, 0.25) is 5.91 Å². The standard InChI is InChI=1S/C18H20N2O2/c1-14-5-7-15(8-6-14)9-10-18(21)20-11-12-22-17-4-2-3-16(19)13-17/h2-10,13H,11-12,19H2,1H3,(H,20,21)/b10-9+. The van der Waals surface area contributed by atoms with Crippen molar-refractivity contribution < 1.29 is 9.53 Å². The maximum Gasteiger partial charge on any atom is 0.244 e. The number of carbonyl (C=O) groups is 1. The van der Waals surface area contributed by atoms with Gasteiger partial charge in [-0.05, 0) is 30.7 Å². The van der Waals surface area contributed by atoms with E-state index in [-0.39, 0.29) is 5.91 Å². The number of aryl methyl sites for hydroxylation is 1. The first kappa shape index (κ1) is 15.6. The Morgan fingerprint density at radius 1 is 1.23 bits per heavy atom. The number of hydrogen-bond acceptors (Lipinski definition) is 3. The van der Waals surface area contributed by atoms with Crippen LogP contribution in [-0.4, -0.2) is 19.1 Å². The summed E-state index contributed by atoms with van der Waals surface area (Å²) in [5.74, 6) is 0.557. The van der Waals surface area contributed by atoms with Gasteiger partial charge < -0.3 is 15.8 Å². The van der Waals surface area contributed by atoms with Crippen LogP contribution in [0.5, 0.6) is 5.75 Å². The third-order valence-corrected chi connectivity index (χ3v) is 3.03. The molecular weight excluding hydrogens is 276 g/mol. The molecule has 4 heteroatoms.